The van der Waals surface area contributed by atoms with Crippen LogP contribution in [-0.2, 0) is 5.41 Å². The lowest BCUT2D eigenvalue weighted by atomic mass is 9.90. The molecule has 0 aliphatic heterocycles. The molecule has 1 aromatic carbocycles. The summed E-state index contributed by atoms with van der Waals surface area (Å²) < 4.78 is 0. The van der Waals surface area contributed by atoms with Crippen molar-refractivity contribution in [3.63, 3.8) is 0 Å². The maximum absolute atomic E-state index is 9.69. The summed E-state index contributed by atoms with van der Waals surface area (Å²) in [6.07, 6.45) is 2.05. The van der Waals surface area contributed by atoms with Gasteiger partial charge in [0.1, 0.15) is 0 Å². The standard InChI is InChI=1S/C12H16O/c1-9-4-3-5-11(8-9)12(6-7-12)10(2)13/h3-5,8,10,13H,6-7H2,1-2H3. The van der Waals surface area contributed by atoms with Crippen LogP contribution in [0.15, 0.2) is 24.3 Å². The minimum Gasteiger partial charge on any atom is -0.392 e. The maximum atomic E-state index is 9.69. The summed E-state index contributed by atoms with van der Waals surface area (Å²) in [5, 5.41) is 9.69. The molecule has 1 unspecified atom stereocenters. The second kappa shape index (κ2) is 2.85. The smallest absolute Gasteiger partial charge is 0.0608 e. The monoisotopic (exact) mass is 176 g/mol. The molecular weight excluding hydrogens is 160 g/mol. The Bertz CT molecular complexity index is 311. The molecule has 70 valence electrons. The van der Waals surface area contributed by atoms with Gasteiger partial charge in [0.2, 0.25) is 0 Å². The molecule has 2 rings (SSSR count). The van der Waals surface area contributed by atoms with E-state index in [4.69, 9.17) is 0 Å². The first-order valence-corrected chi connectivity index (χ1v) is 4.90. The fourth-order valence-electron chi connectivity index (χ4n) is 2.04. The van der Waals surface area contributed by atoms with Crippen molar-refractivity contribution in [1.29, 1.82) is 0 Å². The summed E-state index contributed by atoms with van der Waals surface area (Å²) in [7, 11) is 0. The predicted molar refractivity (Wildman–Crippen MR) is 53.8 cm³/mol. The second-order valence-corrected chi connectivity index (χ2v) is 4.20. The lowest BCUT2D eigenvalue weighted by Crippen LogP contribution is -2.22. The van der Waals surface area contributed by atoms with Crippen LogP contribution in [0.5, 0.6) is 0 Å². The topological polar surface area (TPSA) is 20.2 Å². The molecule has 1 saturated carbocycles. The van der Waals surface area contributed by atoms with Crippen LogP contribution in [0, 0.1) is 6.92 Å². The Kier molecular flexibility index (Phi) is 1.92. The number of hydrogen-bond acceptors (Lipinski definition) is 1. The molecule has 1 atom stereocenters. The van der Waals surface area contributed by atoms with Crippen molar-refractivity contribution < 1.29 is 5.11 Å². The van der Waals surface area contributed by atoms with Crippen LogP contribution in [0.3, 0.4) is 0 Å². The SMILES string of the molecule is Cc1cccc(C2(C(C)O)CC2)c1. The lowest BCUT2D eigenvalue weighted by Gasteiger charge is -2.19. The van der Waals surface area contributed by atoms with Gasteiger partial charge in [-0.3, -0.25) is 0 Å². The third kappa shape index (κ3) is 1.37. The van der Waals surface area contributed by atoms with Crippen molar-refractivity contribution in [3.8, 4) is 0 Å². The molecule has 1 nitrogen and oxygen atoms in total. The Morgan fingerprint density at radius 3 is 2.54 bits per heavy atom. The van der Waals surface area contributed by atoms with E-state index in [-0.39, 0.29) is 11.5 Å². The van der Waals surface area contributed by atoms with E-state index in [0.29, 0.717) is 0 Å². The minimum atomic E-state index is -0.214. The van der Waals surface area contributed by atoms with Crippen LogP contribution in [0.25, 0.3) is 0 Å². The van der Waals surface area contributed by atoms with E-state index in [1.54, 1.807) is 0 Å². The molecule has 1 aliphatic carbocycles. The second-order valence-electron chi connectivity index (χ2n) is 4.20. The van der Waals surface area contributed by atoms with Crippen LogP contribution in [0.2, 0.25) is 0 Å². The molecule has 0 bridgehead atoms. The molecule has 1 heteroatoms. The molecule has 0 saturated heterocycles. The van der Waals surface area contributed by atoms with Crippen molar-refractivity contribution in [1.82, 2.24) is 0 Å². The van der Waals surface area contributed by atoms with Crippen LogP contribution in [0.1, 0.15) is 30.9 Å². The summed E-state index contributed by atoms with van der Waals surface area (Å²) in [5.41, 5.74) is 2.68. The molecule has 0 heterocycles. The summed E-state index contributed by atoms with van der Waals surface area (Å²) >= 11 is 0. The first-order valence-electron chi connectivity index (χ1n) is 4.90. The highest BCUT2D eigenvalue weighted by Gasteiger charge is 2.48. The number of hydrogen-bond donors (Lipinski definition) is 1. The Hall–Kier alpha value is -0.820. The largest absolute Gasteiger partial charge is 0.392 e. The van der Waals surface area contributed by atoms with E-state index in [2.05, 4.69) is 31.2 Å². The first kappa shape index (κ1) is 8.76. The Morgan fingerprint density at radius 2 is 2.08 bits per heavy atom. The average molecular weight is 176 g/mol. The van der Waals surface area contributed by atoms with Gasteiger partial charge in [0.25, 0.3) is 0 Å². The van der Waals surface area contributed by atoms with Gasteiger partial charge < -0.3 is 5.11 Å². The van der Waals surface area contributed by atoms with Gasteiger partial charge in [0, 0.05) is 5.41 Å². The number of rotatable bonds is 2. The van der Waals surface area contributed by atoms with E-state index in [1.165, 1.54) is 11.1 Å². The van der Waals surface area contributed by atoms with Gasteiger partial charge in [-0.05, 0) is 32.3 Å². The zero-order valence-electron chi connectivity index (χ0n) is 8.25. The van der Waals surface area contributed by atoms with Gasteiger partial charge >= 0.3 is 0 Å². The molecule has 1 fully saturated rings. The fourth-order valence-corrected chi connectivity index (χ4v) is 2.04. The molecule has 0 radical (unpaired) electrons. The zero-order valence-corrected chi connectivity index (χ0v) is 8.25. The maximum Gasteiger partial charge on any atom is 0.0608 e. The summed E-state index contributed by atoms with van der Waals surface area (Å²) in [6, 6.07) is 8.50. The van der Waals surface area contributed by atoms with Crippen molar-refractivity contribution in [2.75, 3.05) is 0 Å². The van der Waals surface area contributed by atoms with Gasteiger partial charge in [0.05, 0.1) is 6.10 Å². The number of aryl methyl sites for hydroxylation is 1. The Labute approximate surface area is 79.4 Å². The summed E-state index contributed by atoms with van der Waals surface area (Å²) in [4.78, 5) is 0. The molecule has 13 heavy (non-hydrogen) atoms. The molecule has 0 aromatic heterocycles. The third-order valence-electron chi connectivity index (χ3n) is 3.18. The molecule has 0 spiro atoms. The zero-order chi connectivity index (χ0) is 9.47. The number of benzene rings is 1. The van der Waals surface area contributed by atoms with Gasteiger partial charge in [-0.1, -0.05) is 29.8 Å². The summed E-state index contributed by atoms with van der Waals surface area (Å²) in [5.74, 6) is 0. The normalized spacial score (nSPS) is 21.2. The fraction of sp³-hybridized carbons (Fsp3) is 0.500. The highest BCUT2D eigenvalue weighted by atomic mass is 16.3. The quantitative estimate of drug-likeness (QED) is 0.733. The first-order chi connectivity index (χ1) is 6.15. The van der Waals surface area contributed by atoms with Gasteiger partial charge in [0.15, 0.2) is 0 Å². The van der Waals surface area contributed by atoms with Crippen LogP contribution >= 0.6 is 0 Å². The van der Waals surface area contributed by atoms with Crippen molar-refractivity contribution >= 4 is 0 Å². The highest BCUT2D eigenvalue weighted by Crippen LogP contribution is 2.50. The van der Waals surface area contributed by atoms with E-state index in [1.807, 2.05) is 6.92 Å². The van der Waals surface area contributed by atoms with Crippen LogP contribution in [0.4, 0.5) is 0 Å². The third-order valence-corrected chi connectivity index (χ3v) is 3.18. The van der Waals surface area contributed by atoms with E-state index in [9.17, 15) is 5.11 Å². The lowest BCUT2D eigenvalue weighted by molar-refractivity contribution is 0.150. The Morgan fingerprint density at radius 1 is 1.38 bits per heavy atom. The van der Waals surface area contributed by atoms with Crippen LogP contribution in [-0.4, -0.2) is 11.2 Å². The number of aliphatic hydroxyl groups excluding tert-OH is 1. The van der Waals surface area contributed by atoms with Crippen LogP contribution < -0.4 is 0 Å². The predicted octanol–water partition coefficient (Wildman–Crippen LogP) is 2.41. The average Bonchev–Trinajstić information content (AvgIpc) is 2.83. The van der Waals surface area contributed by atoms with Gasteiger partial charge in [-0.25, -0.2) is 0 Å². The number of aliphatic hydroxyl groups is 1. The van der Waals surface area contributed by atoms with E-state index < -0.39 is 0 Å². The molecular formula is C12H16O. The van der Waals surface area contributed by atoms with Crippen molar-refractivity contribution in [2.45, 2.75) is 38.2 Å². The summed E-state index contributed by atoms with van der Waals surface area (Å²) in [6.45, 7) is 4.00. The van der Waals surface area contributed by atoms with Gasteiger partial charge in [-0.2, -0.15) is 0 Å². The van der Waals surface area contributed by atoms with Crippen molar-refractivity contribution in [2.24, 2.45) is 0 Å². The molecule has 1 aromatic rings. The molecule has 1 aliphatic rings. The minimum absolute atomic E-state index is 0.0893. The molecule has 0 amide bonds. The Balaban J connectivity index is 2.35. The highest BCUT2D eigenvalue weighted by molar-refractivity contribution is 5.35. The van der Waals surface area contributed by atoms with Crippen molar-refractivity contribution in [3.05, 3.63) is 35.4 Å². The van der Waals surface area contributed by atoms with E-state index >= 15 is 0 Å². The molecule has 1 N–H and O–H groups in total. The van der Waals surface area contributed by atoms with Gasteiger partial charge in [-0.15, -0.1) is 0 Å². The van der Waals surface area contributed by atoms with E-state index in [0.717, 1.165) is 12.8 Å².